The topological polar surface area (TPSA) is 72.5 Å². The highest BCUT2D eigenvalue weighted by atomic mass is 19.4. The van der Waals surface area contributed by atoms with Gasteiger partial charge in [-0.2, -0.15) is 13.2 Å². The van der Waals surface area contributed by atoms with Gasteiger partial charge in [-0.3, -0.25) is 4.79 Å². The molecule has 9 heteroatoms. The number of ether oxygens (including phenoxy) is 2. The van der Waals surface area contributed by atoms with Gasteiger partial charge in [-0.05, 0) is 35.9 Å². The number of fused-ring (bicyclic) bond motifs is 1. The number of carbonyl (C=O) groups is 1. The van der Waals surface area contributed by atoms with E-state index < -0.39 is 11.7 Å². The van der Waals surface area contributed by atoms with Gasteiger partial charge < -0.3 is 20.1 Å². The Bertz CT molecular complexity index is 836. The molecule has 1 aliphatic rings. The Balaban J connectivity index is 1.40. The van der Waals surface area contributed by atoms with Gasteiger partial charge in [-0.1, -0.05) is 6.07 Å². The van der Waals surface area contributed by atoms with E-state index in [0.29, 0.717) is 23.9 Å². The standard InChI is InChI=1S/C18H16F3N3O3/c19-18(20,21)13-3-5-16(24-10-13)22-7-8-23-17(25)6-2-12-1-4-14-15(9-12)27-11-26-14/h1-6,9-10H,7-8,11H2,(H,22,24)(H,23,25). The van der Waals surface area contributed by atoms with Gasteiger partial charge in [-0.25, -0.2) is 4.98 Å². The summed E-state index contributed by atoms with van der Waals surface area (Å²) in [5.41, 5.74) is -0.0171. The minimum absolute atomic E-state index is 0.184. The number of pyridine rings is 1. The quantitative estimate of drug-likeness (QED) is 0.596. The van der Waals surface area contributed by atoms with E-state index in [4.69, 9.17) is 9.47 Å². The number of rotatable bonds is 6. The lowest BCUT2D eigenvalue weighted by Gasteiger charge is -2.08. The van der Waals surface area contributed by atoms with Gasteiger partial charge in [0.2, 0.25) is 12.7 Å². The minimum atomic E-state index is -4.41. The molecule has 2 aromatic rings. The highest BCUT2D eigenvalue weighted by molar-refractivity contribution is 5.91. The molecule has 0 saturated heterocycles. The average molecular weight is 379 g/mol. The van der Waals surface area contributed by atoms with E-state index in [1.54, 1.807) is 24.3 Å². The Morgan fingerprint density at radius 2 is 1.96 bits per heavy atom. The van der Waals surface area contributed by atoms with E-state index in [2.05, 4.69) is 15.6 Å². The van der Waals surface area contributed by atoms with Crippen LogP contribution in [0.2, 0.25) is 0 Å². The van der Waals surface area contributed by atoms with Crippen molar-refractivity contribution < 1.29 is 27.4 Å². The summed E-state index contributed by atoms with van der Waals surface area (Å²) in [6.45, 7) is 0.790. The largest absolute Gasteiger partial charge is 0.454 e. The van der Waals surface area contributed by atoms with Crippen molar-refractivity contribution in [1.82, 2.24) is 10.3 Å². The van der Waals surface area contributed by atoms with Crippen LogP contribution in [0, 0.1) is 0 Å². The maximum absolute atomic E-state index is 12.4. The number of nitrogens with one attached hydrogen (secondary N) is 2. The predicted octanol–water partition coefficient (Wildman–Crippen LogP) is 3.07. The third kappa shape index (κ3) is 5.13. The molecule has 1 aromatic carbocycles. The molecule has 1 aromatic heterocycles. The zero-order chi connectivity index (χ0) is 19.3. The predicted molar refractivity (Wildman–Crippen MR) is 92.3 cm³/mol. The molecule has 0 saturated carbocycles. The fourth-order valence-electron chi connectivity index (χ4n) is 2.29. The smallest absolute Gasteiger partial charge is 0.417 e. The third-order valence-corrected chi connectivity index (χ3v) is 3.64. The molecule has 0 atom stereocenters. The van der Waals surface area contributed by atoms with Crippen molar-refractivity contribution in [1.29, 1.82) is 0 Å². The van der Waals surface area contributed by atoms with Gasteiger partial charge in [0.25, 0.3) is 0 Å². The number of alkyl halides is 3. The van der Waals surface area contributed by atoms with E-state index in [0.717, 1.165) is 17.8 Å². The number of amides is 1. The van der Waals surface area contributed by atoms with Gasteiger partial charge >= 0.3 is 6.18 Å². The normalized spacial score (nSPS) is 13.0. The number of anilines is 1. The molecule has 0 radical (unpaired) electrons. The number of hydrogen-bond donors (Lipinski definition) is 2. The molecule has 0 fully saturated rings. The Labute approximate surface area is 153 Å². The monoisotopic (exact) mass is 379 g/mol. The molecule has 0 spiro atoms. The SMILES string of the molecule is O=C(C=Cc1ccc2c(c1)OCO2)NCCNc1ccc(C(F)(F)F)cn1. The number of halogens is 3. The molecule has 2 N–H and O–H groups in total. The van der Waals surface area contributed by atoms with Crippen molar-refractivity contribution in [3.8, 4) is 11.5 Å². The van der Waals surface area contributed by atoms with Crippen LogP contribution in [0.1, 0.15) is 11.1 Å². The van der Waals surface area contributed by atoms with Crippen LogP contribution in [0.5, 0.6) is 11.5 Å². The van der Waals surface area contributed by atoms with E-state index in [9.17, 15) is 18.0 Å². The Morgan fingerprint density at radius 3 is 2.70 bits per heavy atom. The number of hydrogen-bond acceptors (Lipinski definition) is 5. The summed E-state index contributed by atoms with van der Waals surface area (Å²) in [5.74, 6) is 1.30. The molecule has 142 valence electrons. The van der Waals surface area contributed by atoms with Gasteiger partial charge in [0.15, 0.2) is 11.5 Å². The van der Waals surface area contributed by atoms with Crippen LogP contribution in [-0.2, 0) is 11.0 Å². The van der Waals surface area contributed by atoms with Crippen LogP contribution >= 0.6 is 0 Å². The van der Waals surface area contributed by atoms with Crippen molar-refractivity contribution >= 4 is 17.8 Å². The highest BCUT2D eigenvalue weighted by Crippen LogP contribution is 2.32. The molecule has 2 heterocycles. The molecule has 3 rings (SSSR count). The summed E-state index contributed by atoms with van der Waals surface area (Å²) in [4.78, 5) is 15.5. The van der Waals surface area contributed by atoms with Gasteiger partial charge in [-0.15, -0.1) is 0 Å². The highest BCUT2D eigenvalue weighted by Gasteiger charge is 2.30. The van der Waals surface area contributed by atoms with Crippen molar-refractivity contribution in [2.75, 3.05) is 25.2 Å². The number of aromatic nitrogens is 1. The molecule has 6 nitrogen and oxygen atoms in total. The molecule has 0 aliphatic carbocycles. The van der Waals surface area contributed by atoms with E-state index in [1.165, 1.54) is 12.1 Å². The number of benzene rings is 1. The first-order chi connectivity index (χ1) is 12.9. The molecule has 1 amide bonds. The molecular weight excluding hydrogens is 363 g/mol. The van der Waals surface area contributed by atoms with Crippen LogP contribution in [-0.4, -0.2) is 30.8 Å². The second kappa shape index (κ2) is 7.98. The minimum Gasteiger partial charge on any atom is -0.454 e. The lowest BCUT2D eigenvalue weighted by atomic mass is 10.2. The summed E-state index contributed by atoms with van der Waals surface area (Å²) in [6, 6.07) is 7.52. The van der Waals surface area contributed by atoms with E-state index in [-0.39, 0.29) is 19.2 Å². The maximum atomic E-state index is 12.4. The summed E-state index contributed by atoms with van der Waals surface area (Å²) in [7, 11) is 0. The lowest BCUT2D eigenvalue weighted by molar-refractivity contribution is -0.137. The first kappa shape index (κ1) is 18.6. The van der Waals surface area contributed by atoms with Gasteiger partial charge in [0.1, 0.15) is 5.82 Å². The fourth-order valence-corrected chi connectivity index (χ4v) is 2.29. The summed E-state index contributed by atoms with van der Waals surface area (Å²) in [5, 5.41) is 5.49. The van der Waals surface area contributed by atoms with Gasteiger partial charge in [0.05, 0.1) is 5.56 Å². The van der Waals surface area contributed by atoms with Crippen molar-refractivity contribution in [2.24, 2.45) is 0 Å². The van der Waals surface area contributed by atoms with E-state index in [1.807, 2.05) is 0 Å². The summed E-state index contributed by atoms with van der Waals surface area (Å²) < 4.78 is 47.8. The lowest BCUT2D eigenvalue weighted by Crippen LogP contribution is -2.27. The zero-order valence-corrected chi connectivity index (χ0v) is 14.0. The Kier molecular flexibility index (Phi) is 5.49. The van der Waals surface area contributed by atoms with Crippen LogP contribution in [0.25, 0.3) is 6.08 Å². The molecule has 0 bridgehead atoms. The van der Waals surface area contributed by atoms with Crippen LogP contribution in [0.4, 0.5) is 19.0 Å². The summed E-state index contributed by atoms with van der Waals surface area (Å²) in [6.07, 6.45) is -0.630. The number of carbonyl (C=O) groups excluding carboxylic acids is 1. The molecule has 27 heavy (non-hydrogen) atoms. The van der Waals surface area contributed by atoms with Crippen molar-refractivity contribution in [3.63, 3.8) is 0 Å². The average Bonchev–Trinajstić information content (AvgIpc) is 3.11. The number of nitrogens with zero attached hydrogens (tertiary/aromatic N) is 1. The van der Waals surface area contributed by atoms with Crippen LogP contribution in [0.3, 0.4) is 0 Å². The van der Waals surface area contributed by atoms with Crippen molar-refractivity contribution in [3.05, 3.63) is 53.7 Å². The molecule has 0 unspecified atom stereocenters. The molecule has 1 aliphatic heterocycles. The Morgan fingerprint density at radius 1 is 1.15 bits per heavy atom. The molecular formula is C18H16F3N3O3. The Hall–Kier alpha value is -3.23. The van der Waals surface area contributed by atoms with Gasteiger partial charge in [0, 0.05) is 25.4 Å². The second-order valence-corrected chi connectivity index (χ2v) is 5.59. The zero-order valence-electron chi connectivity index (χ0n) is 14.0. The van der Waals surface area contributed by atoms with Crippen LogP contribution < -0.4 is 20.1 Å². The fraction of sp³-hybridized carbons (Fsp3) is 0.222. The maximum Gasteiger partial charge on any atom is 0.417 e. The second-order valence-electron chi connectivity index (χ2n) is 5.59. The summed E-state index contributed by atoms with van der Waals surface area (Å²) >= 11 is 0. The first-order valence-electron chi connectivity index (χ1n) is 8.04. The van der Waals surface area contributed by atoms with Crippen molar-refractivity contribution in [2.45, 2.75) is 6.18 Å². The van der Waals surface area contributed by atoms with Crippen LogP contribution in [0.15, 0.2) is 42.6 Å². The van der Waals surface area contributed by atoms with E-state index >= 15 is 0 Å². The first-order valence-corrected chi connectivity index (χ1v) is 8.04. The third-order valence-electron chi connectivity index (χ3n) is 3.64.